The molecule has 0 amide bonds. The summed E-state index contributed by atoms with van der Waals surface area (Å²) in [5, 5.41) is 4.58. The lowest BCUT2D eigenvalue weighted by Crippen LogP contribution is -1.84. The number of hydrogen-bond acceptors (Lipinski definition) is 2. The first-order chi connectivity index (χ1) is 18.8. The Hall–Kier alpha value is -5.08. The Kier molecular flexibility index (Phi) is 4.55. The third kappa shape index (κ3) is 3.21. The molecule has 2 heteroatoms. The lowest BCUT2D eigenvalue weighted by atomic mass is 9.95. The molecule has 0 aliphatic rings. The minimum Gasteiger partial charge on any atom is -0.455 e. The topological polar surface area (TPSA) is 26.3 Å². The molecule has 178 valence electrons. The van der Waals surface area contributed by atoms with Gasteiger partial charge in [-0.2, -0.15) is 0 Å². The predicted octanol–water partition coefficient (Wildman–Crippen LogP) is 10.5. The summed E-state index contributed by atoms with van der Waals surface area (Å²) in [6.45, 7) is 0. The van der Waals surface area contributed by atoms with Crippen LogP contribution in [0.3, 0.4) is 0 Å². The van der Waals surface area contributed by atoms with Crippen molar-refractivity contribution in [3.63, 3.8) is 0 Å². The van der Waals surface area contributed by atoms with Crippen molar-refractivity contribution in [3.05, 3.63) is 133 Å². The molecule has 8 rings (SSSR count). The minimum absolute atomic E-state index is 0.915. The van der Waals surface area contributed by atoms with Crippen LogP contribution in [0.25, 0.3) is 77.3 Å². The first-order valence-electron chi connectivity index (χ1n) is 12.9. The van der Waals surface area contributed by atoms with E-state index in [4.69, 9.17) is 8.83 Å². The maximum Gasteiger partial charge on any atom is 0.143 e. The van der Waals surface area contributed by atoms with Gasteiger partial charge < -0.3 is 8.83 Å². The van der Waals surface area contributed by atoms with Crippen LogP contribution in [-0.2, 0) is 0 Å². The highest BCUT2D eigenvalue weighted by Gasteiger charge is 2.14. The van der Waals surface area contributed by atoms with Gasteiger partial charge in [0.15, 0.2) is 0 Å². The summed E-state index contributed by atoms with van der Waals surface area (Å²) < 4.78 is 12.6. The van der Waals surface area contributed by atoms with Crippen molar-refractivity contribution in [3.8, 4) is 33.4 Å². The Balaban J connectivity index is 1.25. The molecule has 2 nitrogen and oxygen atoms in total. The molecule has 0 unspecified atom stereocenters. The third-order valence-corrected chi connectivity index (χ3v) is 7.49. The molecular formula is C36H22O2. The van der Waals surface area contributed by atoms with Gasteiger partial charge >= 0.3 is 0 Å². The Morgan fingerprint density at radius 2 is 0.711 bits per heavy atom. The van der Waals surface area contributed by atoms with Gasteiger partial charge in [-0.05, 0) is 46.5 Å². The zero-order chi connectivity index (χ0) is 25.1. The normalized spacial score (nSPS) is 11.7. The molecular weight excluding hydrogens is 464 g/mol. The number of fused-ring (bicyclic) bond motifs is 6. The summed E-state index contributed by atoms with van der Waals surface area (Å²) in [7, 11) is 0. The summed E-state index contributed by atoms with van der Waals surface area (Å²) in [6, 6.07) is 46.6. The van der Waals surface area contributed by atoms with E-state index in [-0.39, 0.29) is 0 Å². The molecule has 0 atom stereocenters. The molecule has 0 saturated heterocycles. The van der Waals surface area contributed by atoms with E-state index in [0.717, 1.165) is 77.3 Å². The molecule has 0 aliphatic carbocycles. The number of para-hydroxylation sites is 4. The Bertz CT molecular complexity index is 1990. The van der Waals surface area contributed by atoms with Gasteiger partial charge in [0.1, 0.15) is 22.3 Å². The first-order valence-corrected chi connectivity index (χ1v) is 12.9. The highest BCUT2D eigenvalue weighted by atomic mass is 16.3. The second-order valence-electron chi connectivity index (χ2n) is 9.72. The van der Waals surface area contributed by atoms with Crippen molar-refractivity contribution in [2.24, 2.45) is 0 Å². The highest BCUT2D eigenvalue weighted by molar-refractivity contribution is 6.10. The van der Waals surface area contributed by atoms with Crippen LogP contribution >= 0.6 is 0 Å². The standard InChI is InChI=1S/C36H22O2/c1-3-19-33-29(13-1)31-17-7-15-27(35(31)37-33)25-11-5-9-23(21-25)24-10-6-12-26(22-24)28-16-8-18-32-30-14-2-4-20-34(30)38-36(28)32/h1-22H. The molecule has 0 N–H and O–H groups in total. The zero-order valence-electron chi connectivity index (χ0n) is 20.5. The van der Waals surface area contributed by atoms with E-state index in [1.165, 1.54) is 0 Å². The first kappa shape index (κ1) is 21.0. The fourth-order valence-electron chi connectivity index (χ4n) is 5.68. The summed E-state index contributed by atoms with van der Waals surface area (Å²) in [4.78, 5) is 0. The molecule has 38 heavy (non-hydrogen) atoms. The number of rotatable bonds is 3. The van der Waals surface area contributed by atoms with Crippen molar-refractivity contribution < 1.29 is 8.83 Å². The van der Waals surface area contributed by atoms with Gasteiger partial charge in [0.05, 0.1) is 0 Å². The van der Waals surface area contributed by atoms with E-state index in [9.17, 15) is 0 Å². The highest BCUT2D eigenvalue weighted by Crippen LogP contribution is 2.39. The molecule has 0 radical (unpaired) electrons. The zero-order valence-corrected chi connectivity index (χ0v) is 20.5. The maximum atomic E-state index is 6.32. The van der Waals surface area contributed by atoms with Crippen LogP contribution in [0, 0.1) is 0 Å². The largest absolute Gasteiger partial charge is 0.455 e. The SMILES string of the molecule is c1cc(-c2cccc(-c3cccc4c3oc3ccccc34)c2)cc(-c2cccc3c2oc2ccccc23)c1. The monoisotopic (exact) mass is 486 g/mol. The van der Waals surface area contributed by atoms with Crippen molar-refractivity contribution in [2.45, 2.75) is 0 Å². The molecule has 0 spiro atoms. The smallest absolute Gasteiger partial charge is 0.143 e. The number of benzene rings is 6. The van der Waals surface area contributed by atoms with E-state index in [2.05, 4.69) is 109 Å². The van der Waals surface area contributed by atoms with Gasteiger partial charge in [-0.25, -0.2) is 0 Å². The average Bonchev–Trinajstić information content (AvgIpc) is 3.56. The van der Waals surface area contributed by atoms with Crippen molar-refractivity contribution in [1.82, 2.24) is 0 Å². The Morgan fingerprint density at radius 1 is 0.316 bits per heavy atom. The van der Waals surface area contributed by atoms with Crippen LogP contribution in [0.2, 0.25) is 0 Å². The Labute approximate surface area is 219 Å². The Morgan fingerprint density at radius 3 is 1.21 bits per heavy atom. The fraction of sp³-hybridized carbons (Fsp3) is 0. The van der Waals surface area contributed by atoms with Gasteiger partial charge in [-0.15, -0.1) is 0 Å². The summed E-state index contributed by atoms with van der Waals surface area (Å²) in [6.07, 6.45) is 0. The van der Waals surface area contributed by atoms with Crippen LogP contribution in [0.15, 0.2) is 142 Å². The molecule has 8 aromatic rings. The number of hydrogen-bond donors (Lipinski definition) is 0. The van der Waals surface area contributed by atoms with Crippen LogP contribution in [0.1, 0.15) is 0 Å². The molecule has 2 heterocycles. The third-order valence-electron chi connectivity index (χ3n) is 7.49. The second kappa shape index (κ2) is 8.22. The predicted molar refractivity (Wildman–Crippen MR) is 157 cm³/mol. The van der Waals surface area contributed by atoms with Gasteiger partial charge in [0.2, 0.25) is 0 Å². The van der Waals surface area contributed by atoms with Crippen LogP contribution in [0.5, 0.6) is 0 Å². The molecule has 6 aromatic carbocycles. The van der Waals surface area contributed by atoms with E-state index >= 15 is 0 Å². The number of furan rings is 2. The average molecular weight is 487 g/mol. The van der Waals surface area contributed by atoms with E-state index in [1.807, 2.05) is 24.3 Å². The lowest BCUT2D eigenvalue weighted by Gasteiger charge is -2.09. The molecule has 0 aliphatic heterocycles. The lowest BCUT2D eigenvalue weighted by molar-refractivity contribution is 0.669. The summed E-state index contributed by atoms with van der Waals surface area (Å²) in [5.41, 5.74) is 10.5. The molecule has 0 bridgehead atoms. The molecule has 0 saturated carbocycles. The second-order valence-corrected chi connectivity index (χ2v) is 9.72. The van der Waals surface area contributed by atoms with Crippen molar-refractivity contribution in [1.29, 1.82) is 0 Å². The molecule has 0 fully saturated rings. The van der Waals surface area contributed by atoms with Crippen molar-refractivity contribution >= 4 is 43.9 Å². The van der Waals surface area contributed by atoms with Gasteiger partial charge in [-0.1, -0.05) is 109 Å². The maximum absolute atomic E-state index is 6.32. The van der Waals surface area contributed by atoms with E-state index in [0.29, 0.717) is 0 Å². The van der Waals surface area contributed by atoms with E-state index < -0.39 is 0 Å². The van der Waals surface area contributed by atoms with Crippen LogP contribution in [-0.4, -0.2) is 0 Å². The van der Waals surface area contributed by atoms with Gasteiger partial charge in [-0.3, -0.25) is 0 Å². The quantitative estimate of drug-likeness (QED) is 0.248. The van der Waals surface area contributed by atoms with Crippen LogP contribution in [0.4, 0.5) is 0 Å². The van der Waals surface area contributed by atoms with Gasteiger partial charge in [0, 0.05) is 32.7 Å². The van der Waals surface area contributed by atoms with Gasteiger partial charge in [0.25, 0.3) is 0 Å². The fourth-order valence-corrected chi connectivity index (χ4v) is 5.68. The minimum atomic E-state index is 0.915. The molecule has 2 aromatic heterocycles. The van der Waals surface area contributed by atoms with Crippen molar-refractivity contribution in [2.75, 3.05) is 0 Å². The van der Waals surface area contributed by atoms with E-state index in [1.54, 1.807) is 0 Å². The van der Waals surface area contributed by atoms with Crippen LogP contribution < -0.4 is 0 Å². The summed E-state index contributed by atoms with van der Waals surface area (Å²) in [5.74, 6) is 0. The summed E-state index contributed by atoms with van der Waals surface area (Å²) >= 11 is 0.